The molecular formula is C30H39N5O6. The summed E-state index contributed by atoms with van der Waals surface area (Å²) < 4.78 is 0. The zero-order chi connectivity index (χ0) is 29.8. The molecule has 1 saturated heterocycles. The molecule has 2 aromatic rings. The molecule has 0 aromatic heterocycles. The van der Waals surface area contributed by atoms with Crippen LogP contribution in [0.2, 0.25) is 0 Å². The van der Waals surface area contributed by atoms with Gasteiger partial charge < -0.3 is 26.0 Å². The van der Waals surface area contributed by atoms with Gasteiger partial charge in [-0.05, 0) is 62.8 Å². The number of nitrogens with one attached hydrogen (secondary N) is 4. The second kappa shape index (κ2) is 15.4. The number of rotatable bonds is 12. The molecule has 0 radical (unpaired) electrons. The fourth-order valence-corrected chi connectivity index (χ4v) is 4.74. The molecule has 2 aromatic carbocycles. The number of benzene rings is 2. The van der Waals surface area contributed by atoms with Crippen molar-refractivity contribution in [1.82, 2.24) is 20.9 Å². The Morgan fingerprint density at radius 1 is 0.951 bits per heavy atom. The van der Waals surface area contributed by atoms with Crippen molar-refractivity contribution in [2.75, 3.05) is 11.9 Å². The molecule has 0 aliphatic carbocycles. The molecule has 5 amide bonds. The minimum atomic E-state index is -1.20. The predicted octanol–water partition coefficient (Wildman–Crippen LogP) is 2.81. The van der Waals surface area contributed by atoms with E-state index < -0.39 is 30.0 Å². The van der Waals surface area contributed by atoms with Crippen LogP contribution < -0.4 is 21.3 Å². The normalized spacial score (nSPS) is 16.1. The van der Waals surface area contributed by atoms with Gasteiger partial charge in [-0.1, -0.05) is 42.5 Å². The summed E-state index contributed by atoms with van der Waals surface area (Å²) in [4.78, 5) is 64.5. The van der Waals surface area contributed by atoms with E-state index in [2.05, 4.69) is 21.3 Å². The fraction of sp³-hybridized carbons (Fsp3) is 0.433. The highest BCUT2D eigenvalue weighted by Crippen LogP contribution is 2.18. The molecule has 0 bridgehead atoms. The van der Waals surface area contributed by atoms with E-state index in [1.54, 1.807) is 29.2 Å². The van der Waals surface area contributed by atoms with Gasteiger partial charge in [-0.3, -0.25) is 24.5 Å². The van der Waals surface area contributed by atoms with Crippen LogP contribution in [-0.4, -0.2) is 64.4 Å². The van der Waals surface area contributed by atoms with Gasteiger partial charge in [0.15, 0.2) is 0 Å². The maximum Gasteiger partial charge on any atom is 0.409 e. The number of amides is 5. The van der Waals surface area contributed by atoms with Gasteiger partial charge in [-0.25, -0.2) is 4.79 Å². The maximum absolute atomic E-state index is 13.2. The van der Waals surface area contributed by atoms with Crippen molar-refractivity contribution in [3.8, 4) is 0 Å². The van der Waals surface area contributed by atoms with E-state index >= 15 is 0 Å². The molecule has 1 heterocycles. The first-order chi connectivity index (χ1) is 19.6. The van der Waals surface area contributed by atoms with Crippen molar-refractivity contribution in [1.29, 1.82) is 0 Å². The number of carbonyl (C=O) groups is 5. The Labute approximate surface area is 240 Å². The number of likely N-dealkylation sites (tertiary alicyclic amines) is 1. The minimum Gasteiger partial charge on any atom is -0.465 e. The lowest BCUT2D eigenvalue weighted by Gasteiger charge is -2.34. The number of hydrogen-bond acceptors (Lipinski definition) is 5. The largest absolute Gasteiger partial charge is 0.465 e. The van der Waals surface area contributed by atoms with Crippen LogP contribution in [0.25, 0.3) is 0 Å². The second-order valence-corrected chi connectivity index (χ2v) is 10.3. The monoisotopic (exact) mass is 565 g/mol. The quantitative estimate of drug-likeness (QED) is 0.266. The predicted molar refractivity (Wildman–Crippen MR) is 154 cm³/mol. The Balaban J connectivity index is 1.60. The summed E-state index contributed by atoms with van der Waals surface area (Å²) in [7, 11) is 0. The minimum absolute atomic E-state index is 0.0580. The highest BCUT2D eigenvalue weighted by atomic mass is 16.4. The lowest BCUT2D eigenvalue weighted by atomic mass is 10.0. The van der Waals surface area contributed by atoms with Crippen LogP contribution in [-0.2, 0) is 32.1 Å². The summed E-state index contributed by atoms with van der Waals surface area (Å²) in [5.41, 5.74) is 2.01. The van der Waals surface area contributed by atoms with Gasteiger partial charge in [0.25, 0.3) is 0 Å². The van der Waals surface area contributed by atoms with Crippen molar-refractivity contribution >= 4 is 35.4 Å². The number of hydrogen-bond donors (Lipinski definition) is 5. The summed E-state index contributed by atoms with van der Waals surface area (Å²) in [6.07, 6.45) is 2.05. The van der Waals surface area contributed by atoms with Gasteiger partial charge in [0, 0.05) is 31.2 Å². The van der Waals surface area contributed by atoms with Crippen molar-refractivity contribution in [2.45, 2.75) is 77.0 Å². The van der Waals surface area contributed by atoms with Crippen molar-refractivity contribution in [2.24, 2.45) is 0 Å². The Kier molecular flexibility index (Phi) is 11.7. The molecule has 3 atom stereocenters. The van der Waals surface area contributed by atoms with Crippen molar-refractivity contribution in [3.05, 3.63) is 65.7 Å². The smallest absolute Gasteiger partial charge is 0.409 e. The molecule has 11 nitrogen and oxygen atoms in total. The first-order valence-electron chi connectivity index (χ1n) is 13.9. The number of carboxylic acid groups (broad SMARTS) is 1. The molecule has 220 valence electrons. The number of nitrogens with zero attached hydrogens (tertiary/aromatic N) is 1. The van der Waals surface area contributed by atoms with Crippen molar-refractivity contribution < 1.29 is 29.1 Å². The van der Waals surface area contributed by atoms with Gasteiger partial charge in [0.05, 0.1) is 6.42 Å². The van der Waals surface area contributed by atoms with Gasteiger partial charge in [-0.15, -0.1) is 0 Å². The molecule has 3 rings (SSSR count). The first kappa shape index (κ1) is 31.1. The number of piperidine rings is 1. The van der Waals surface area contributed by atoms with Crippen LogP contribution in [0.3, 0.4) is 0 Å². The van der Waals surface area contributed by atoms with Gasteiger partial charge in [0.2, 0.25) is 23.6 Å². The van der Waals surface area contributed by atoms with Crippen LogP contribution in [0.1, 0.15) is 57.1 Å². The Bertz CT molecular complexity index is 1220. The third-order valence-electron chi connectivity index (χ3n) is 7.03. The molecular weight excluding hydrogens is 526 g/mol. The average Bonchev–Trinajstić information content (AvgIpc) is 2.95. The van der Waals surface area contributed by atoms with Crippen LogP contribution in [0.5, 0.6) is 0 Å². The topological polar surface area (TPSA) is 157 Å². The molecule has 1 aliphatic heterocycles. The van der Waals surface area contributed by atoms with E-state index in [0.29, 0.717) is 24.2 Å². The molecule has 11 heteroatoms. The molecule has 1 aliphatic rings. The van der Waals surface area contributed by atoms with Gasteiger partial charge in [-0.2, -0.15) is 0 Å². The Hall–Kier alpha value is -4.41. The summed E-state index contributed by atoms with van der Waals surface area (Å²) in [5.74, 6) is -1.67. The highest BCUT2D eigenvalue weighted by molar-refractivity contribution is 5.95. The van der Waals surface area contributed by atoms with Gasteiger partial charge >= 0.3 is 6.09 Å². The molecule has 2 unspecified atom stereocenters. The van der Waals surface area contributed by atoms with E-state index in [1.165, 1.54) is 6.92 Å². The van der Waals surface area contributed by atoms with Crippen LogP contribution in [0, 0.1) is 0 Å². The molecule has 5 N–H and O–H groups in total. The van der Waals surface area contributed by atoms with E-state index in [0.717, 1.165) is 24.8 Å². The Morgan fingerprint density at radius 3 is 2.39 bits per heavy atom. The summed E-state index contributed by atoms with van der Waals surface area (Å²) in [6, 6.07) is 14.0. The molecule has 0 spiro atoms. The summed E-state index contributed by atoms with van der Waals surface area (Å²) >= 11 is 0. The summed E-state index contributed by atoms with van der Waals surface area (Å²) in [5, 5.41) is 19.2. The van der Waals surface area contributed by atoms with E-state index in [1.807, 2.05) is 37.3 Å². The molecule has 0 saturated carbocycles. The lowest BCUT2D eigenvalue weighted by molar-refractivity contribution is -0.139. The second-order valence-electron chi connectivity index (χ2n) is 10.3. The number of carbonyl (C=O) groups excluding carboxylic acids is 4. The fourth-order valence-electron chi connectivity index (χ4n) is 4.74. The first-order valence-corrected chi connectivity index (χ1v) is 13.9. The van der Waals surface area contributed by atoms with Crippen molar-refractivity contribution in [3.63, 3.8) is 0 Å². The third-order valence-corrected chi connectivity index (χ3v) is 7.03. The lowest BCUT2D eigenvalue weighted by Crippen LogP contribution is -2.54. The molecule has 1 fully saturated rings. The zero-order valence-corrected chi connectivity index (χ0v) is 23.5. The Morgan fingerprint density at radius 2 is 1.68 bits per heavy atom. The zero-order valence-electron chi connectivity index (χ0n) is 23.5. The standard InChI is InChI=1S/C30H39N5O6/c1-20-9-6-7-16-35(20)27(37)18-25(34-26(36)15-14-22-10-4-3-5-11-22)29(39)32-21(2)28(38)31-19-23-12-8-13-24(17-23)33-30(40)41/h3-5,8,10-13,17,20-21,25,33H,6-7,9,14-16,18-19H2,1-2H3,(H,31,38)(H,32,39)(H,34,36)(H,40,41)/t20-,21?,25?/m0/s1. The average molecular weight is 566 g/mol. The van der Waals surface area contributed by atoms with Gasteiger partial charge in [0.1, 0.15) is 12.1 Å². The number of anilines is 1. The maximum atomic E-state index is 13.2. The summed E-state index contributed by atoms with van der Waals surface area (Å²) in [6.45, 7) is 4.21. The highest BCUT2D eigenvalue weighted by Gasteiger charge is 2.30. The van der Waals surface area contributed by atoms with Crippen LogP contribution in [0.15, 0.2) is 54.6 Å². The van der Waals surface area contributed by atoms with Crippen LogP contribution in [0.4, 0.5) is 10.5 Å². The van der Waals surface area contributed by atoms with E-state index in [-0.39, 0.29) is 37.2 Å². The number of aryl methyl sites for hydroxylation is 1. The molecule has 41 heavy (non-hydrogen) atoms. The van der Waals surface area contributed by atoms with E-state index in [4.69, 9.17) is 5.11 Å². The van der Waals surface area contributed by atoms with E-state index in [9.17, 15) is 24.0 Å². The third kappa shape index (κ3) is 10.3. The van der Waals surface area contributed by atoms with Crippen LogP contribution >= 0.6 is 0 Å². The SMILES string of the molecule is CC(NC(=O)C(CC(=O)N1CCCC[C@@H]1C)NC(=O)CCc1ccccc1)C(=O)NCc1cccc(NC(=O)O)c1.